The lowest BCUT2D eigenvalue weighted by atomic mass is 9.89. The van der Waals surface area contributed by atoms with Gasteiger partial charge in [0.05, 0.1) is 21.7 Å². The predicted octanol–water partition coefficient (Wildman–Crippen LogP) is 4.92. The molecule has 4 rings (SSSR count). The molecule has 7 nitrogen and oxygen atoms in total. The number of imidazole rings is 1. The van der Waals surface area contributed by atoms with E-state index in [2.05, 4.69) is 20.9 Å². The number of benzene rings is 2. The minimum absolute atomic E-state index is 0.0589. The molecule has 0 saturated heterocycles. The number of hydrogen-bond acceptors (Lipinski definition) is 4. The first-order valence-corrected chi connectivity index (χ1v) is 11.8. The molecule has 0 aliphatic heterocycles. The van der Waals surface area contributed by atoms with Gasteiger partial charge >= 0.3 is 0 Å². The van der Waals surface area contributed by atoms with Crippen molar-refractivity contribution in [3.05, 3.63) is 52.5 Å². The van der Waals surface area contributed by atoms with Gasteiger partial charge in [-0.2, -0.15) is 0 Å². The van der Waals surface area contributed by atoms with Crippen molar-refractivity contribution in [3.8, 4) is 0 Å². The van der Waals surface area contributed by atoms with Gasteiger partial charge in [-0.15, -0.1) is 0 Å². The van der Waals surface area contributed by atoms with E-state index in [9.17, 15) is 9.59 Å². The molecule has 0 bridgehead atoms. The highest BCUT2D eigenvalue weighted by Gasteiger charge is 2.16. The monoisotopic (exact) mass is 467 g/mol. The molecule has 2 amide bonds. The first-order valence-electron chi connectivity index (χ1n) is 11.5. The number of amides is 2. The maximum absolute atomic E-state index is 12.7. The Morgan fingerprint density at radius 1 is 1.09 bits per heavy atom. The second-order valence-electron chi connectivity index (χ2n) is 8.76. The number of carbonyl (C=O) groups is 2. The van der Waals surface area contributed by atoms with Gasteiger partial charge < -0.3 is 20.5 Å². The zero-order chi connectivity index (χ0) is 23.4. The van der Waals surface area contributed by atoms with Crippen molar-refractivity contribution in [2.45, 2.75) is 45.6 Å². The molecule has 0 spiro atoms. The molecule has 1 fully saturated rings. The molecule has 33 heavy (non-hydrogen) atoms. The molecule has 3 aromatic rings. The molecule has 1 saturated carbocycles. The van der Waals surface area contributed by atoms with Crippen LogP contribution < -0.4 is 16.0 Å². The summed E-state index contributed by atoms with van der Waals surface area (Å²) < 4.78 is 1.93. The van der Waals surface area contributed by atoms with E-state index in [0.29, 0.717) is 34.7 Å². The lowest BCUT2D eigenvalue weighted by molar-refractivity contribution is -0.119. The molecule has 1 heterocycles. The lowest BCUT2D eigenvalue weighted by Gasteiger charge is -2.21. The summed E-state index contributed by atoms with van der Waals surface area (Å²) in [6, 6.07) is 11.1. The third-order valence-corrected chi connectivity index (χ3v) is 6.57. The fourth-order valence-electron chi connectivity index (χ4n) is 4.31. The van der Waals surface area contributed by atoms with E-state index >= 15 is 0 Å². The number of halogens is 1. The van der Waals surface area contributed by atoms with E-state index in [1.54, 1.807) is 6.07 Å². The van der Waals surface area contributed by atoms with E-state index in [-0.39, 0.29) is 11.8 Å². The van der Waals surface area contributed by atoms with Crippen LogP contribution in [0.2, 0.25) is 5.02 Å². The van der Waals surface area contributed by atoms with Gasteiger partial charge in [-0.1, -0.05) is 36.9 Å². The second kappa shape index (κ2) is 10.3. The third kappa shape index (κ3) is 5.66. The standard InChI is InChI=1S/C25H30ClN5O2/c1-16(32)27-15-18-8-10-20(26)21(12-18)29-25-30-22-13-19(9-11-23(22)31(25)2)24(33)28-14-17-6-4-3-5-7-17/h8-13,17H,3-7,14-15H2,1-2H3,(H,27,32)(H,28,33)(H,29,30). The topological polar surface area (TPSA) is 88.1 Å². The normalized spacial score (nSPS) is 14.3. The van der Waals surface area contributed by atoms with Crippen molar-refractivity contribution < 1.29 is 9.59 Å². The Bertz CT molecular complexity index is 1170. The quantitative estimate of drug-likeness (QED) is 0.460. The number of hydrogen-bond donors (Lipinski definition) is 3. The molecule has 1 aliphatic carbocycles. The summed E-state index contributed by atoms with van der Waals surface area (Å²) >= 11 is 6.39. The van der Waals surface area contributed by atoms with Crippen LogP contribution in [0, 0.1) is 5.92 Å². The van der Waals surface area contributed by atoms with E-state index < -0.39 is 0 Å². The average Bonchev–Trinajstić information content (AvgIpc) is 3.13. The summed E-state index contributed by atoms with van der Waals surface area (Å²) in [5, 5.41) is 9.71. The fraction of sp³-hybridized carbons (Fsp3) is 0.400. The molecule has 3 N–H and O–H groups in total. The van der Waals surface area contributed by atoms with E-state index in [4.69, 9.17) is 11.6 Å². The zero-order valence-electron chi connectivity index (χ0n) is 19.1. The Labute approximate surface area is 198 Å². The van der Waals surface area contributed by atoms with Gasteiger partial charge in [-0.3, -0.25) is 9.59 Å². The summed E-state index contributed by atoms with van der Waals surface area (Å²) in [5.74, 6) is 1.05. The third-order valence-electron chi connectivity index (χ3n) is 6.24. The number of aromatic nitrogens is 2. The number of rotatable bonds is 7. The highest BCUT2D eigenvalue weighted by molar-refractivity contribution is 6.33. The van der Waals surface area contributed by atoms with Crippen LogP contribution in [0.25, 0.3) is 11.0 Å². The molecule has 2 aromatic carbocycles. The summed E-state index contributed by atoms with van der Waals surface area (Å²) in [6.07, 6.45) is 6.22. The van der Waals surface area contributed by atoms with E-state index in [1.807, 2.05) is 41.9 Å². The Hall–Kier alpha value is -3.06. The smallest absolute Gasteiger partial charge is 0.251 e. The Balaban J connectivity index is 1.49. The van der Waals surface area contributed by atoms with Gasteiger partial charge in [0.15, 0.2) is 0 Å². The van der Waals surface area contributed by atoms with Gasteiger partial charge in [0.2, 0.25) is 11.9 Å². The summed E-state index contributed by atoms with van der Waals surface area (Å²) in [4.78, 5) is 28.6. The molecule has 0 radical (unpaired) electrons. The number of carbonyl (C=O) groups excluding carboxylic acids is 2. The minimum atomic E-state index is -0.0895. The Kier molecular flexibility index (Phi) is 7.18. The van der Waals surface area contributed by atoms with Crippen LogP contribution in [-0.2, 0) is 18.4 Å². The van der Waals surface area contributed by atoms with Gasteiger partial charge in [0, 0.05) is 32.6 Å². The number of fused-ring (bicyclic) bond motifs is 1. The summed E-state index contributed by atoms with van der Waals surface area (Å²) in [6.45, 7) is 2.64. The largest absolute Gasteiger partial charge is 0.352 e. The minimum Gasteiger partial charge on any atom is -0.352 e. The second-order valence-corrected chi connectivity index (χ2v) is 9.17. The molecule has 0 unspecified atom stereocenters. The number of nitrogens with one attached hydrogen (secondary N) is 3. The maximum Gasteiger partial charge on any atom is 0.251 e. The SMILES string of the molecule is CC(=O)NCc1ccc(Cl)c(Nc2nc3cc(C(=O)NCC4CCCCC4)ccc3n2C)c1. The first-order chi connectivity index (χ1) is 15.9. The van der Waals surface area contributed by atoms with Gasteiger partial charge in [-0.05, 0) is 54.7 Å². The van der Waals surface area contributed by atoms with Crippen LogP contribution in [0.5, 0.6) is 0 Å². The van der Waals surface area contributed by atoms with Crippen molar-refractivity contribution in [2.24, 2.45) is 13.0 Å². The zero-order valence-corrected chi connectivity index (χ0v) is 19.8. The summed E-state index contributed by atoms with van der Waals surface area (Å²) in [5.41, 5.74) is 3.87. The number of nitrogens with zero attached hydrogens (tertiary/aromatic N) is 2. The van der Waals surface area contributed by atoms with Gasteiger partial charge in [-0.25, -0.2) is 4.98 Å². The fourth-order valence-corrected chi connectivity index (χ4v) is 4.47. The lowest BCUT2D eigenvalue weighted by Crippen LogP contribution is -2.30. The van der Waals surface area contributed by atoms with Gasteiger partial charge in [0.1, 0.15) is 0 Å². The van der Waals surface area contributed by atoms with Crippen molar-refractivity contribution in [1.82, 2.24) is 20.2 Å². The van der Waals surface area contributed by atoms with Crippen molar-refractivity contribution in [1.29, 1.82) is 0 Å². The molecule has 1 aliphatic rings. The van der Waals surface area contributed by atoms with E-state index in [0.717, 1.165) is 23.1 Å². The number of anilines is 2. The predicted molar refractivity (Wildman–Crippen MR) is 132 cm³/mol. The van der Waals surface area contributed by atoms with Crippen LogP contribution in [0.4, 0.5) is 11.6 Å². The first kappa shape index (κ1) is 23.1. The van der Waals surface area contributed by atoms with Crippen LogP contribution in [0.3, 0.4) is 0 Å². The van der Waals surface area contributed by atoms with Crippen LogP contribution >= 0.6 is 11.6 Å². The Morgan fingerprint density at radius 2 is 1.88 bits per heavy atom. The van der Waals surface area contributed by atoms with E-state index in [1.165, 1.54) is 39.0 Å². The molecule has 174 valence electrons. The molecule has 8 heteroatoms. The van der Waals surface area contributed by atoms with Crippen molar-refractivity contribution in [2.75, 3.05) is 11.9 Å². The highest BCUT2D eigenvalue weighted by atomic mass is 35.5. The molecule has 1 aromatic heterocycles. The molecular weight excluding hydrogens is 438 g/mol. The number of aryl methyl sites for hydroxylation is 1. The van der Waals surface area contributed by atoms with Crippen LogP contribution in [-0.4, -0.2) is 27.9 Å². The average molecular weight is 468 g/mol. The molecular formula is C25H30ClN5O2. The van der Waals surface area contributed by atoms with Crippen molar-refractivity contribution >= 4 is 46.1 Å². The van der Waals surface area contributed by atoms with Gasteiger partial charge in [0.25, 0.3) is 5.91 Å². The van der Waals surface area contributed by atoms with Crippen molar-refractivity contribution in [3.63, 3.8) is 0 Å². The van der Waals surface area contributed by atoms with Crippen LogP contribution in [0.15, 0.2) is 36.4 Å². The maximum atomic E-state index is 12.7. The summed E-state index contributed by atoms with van der Waals surface area (Å²) in [7, 11) is 1.91. The van der Waals surface area contributed by atoms with Crippen LogP contribution in [0.1, 0.15) is 54.9 Å². The highest BCUT2D eigenvalue weighted by Crippen LogP contribution is 2.28. The Morgan fingerprint density at radius 3 is 2.64 bits per heavy atom. The molecule has 0 atom stereocenters.